The maximum Gasteiger partial charge on any atom is 0.154 e. The number of aldehydes is 1. The second kappa shape index (κ2) is 4.03. The van der Waals surface area contributed by atoms with Gasteiger partial charge in [-0.05, 0) is 32.8 Å². The summed E-state index contributed by atoms with van der Waals surface area (Å²) in [5.74, 6) is 0.587. The molecule has 0 saturated carbocycles. The molecule has 0 aliphatic heterocycles. The fourth-order valence-corrected chi connectivity index (χ4v) is 2.27. The number of hydrogen-bond donors (Lipinski definition) is 0. The van der Waals surface area contributed by atoms with Crippen molar-refractivity contribution in [2.24, 2.45) is 0 Å². The third-order valence-corrected chi connectivity index (χ3v) is 2.91. The molecule has 0 saturated heterocycles. The van der Waals surface area contributed by atoms with E-state index in [1.54, 1.807) is 7.11 Å². The molecule has 0 aliphatic rings. The van der Waals surface area contributed by atoms with Crippen molar-refractivity contribution in [3.8, 4) is 5.75 Å². The van der Waals surface area contributed by atoms with Crippen molar-refractivity contribution >= 4 is 33.0 Å². The first-order chi connectivity index (χ1) is 7.27. The molecule has 76 valence electrons. The molecule has 0 radical (unpaired) electrons. The second-order valence-electron chi connectivity index (χ2n) is 3.14. The Morgan fingerprint density at radius 2 is 2.07 bits per heavy atom. The first kappa shape index (κ1) is 10.2. The maximum atomic E-state index is 11.1. The van der Waals surface area contributed by atoms with Crippen LogP contribution in [0, 0.1) is 0 Å². The molecule has 0 spiro atoms. The van der Waals surface area contributed by atoms with Gasteiger partial charge in [0.1, 0.15) is 5.75 Å². The molecule has 0 fully saturated rings. The minimum Gasteiger partial charge on any atom is -0.495 e. The average molecular weight is 265 g/mol. The van der Waals surface area contributed by atoms with Crippen LogP contribution >= 0.6 is 15.9 Å². The highest BCUT2D eigenvalue weighted by Gasteiger charge is 2.11. The summed E-state index contributed by atoms with van der Waals surface area (Å²) in [6.07, 6.45) is 0.825. The molecule has 2 nitrogen and oxygen atoms in total. The van der Waals surface area contributed by atoms with E-state index in [2.05, 4.69) is 15.9 Å². The summed E-state index contributed by atoms with van der Waals surface area (Å²) in [6.45, 7) is 0. The van der Waals surface area contributed by atoms with Crippen LogP contribution in [-0.4, -0.2) is 13.4 Å². The molecule has 0 amide bonds. The van der Waals surface area contributed by atoms with Crippen molar-refractivity contribution in [2.75, 3.05) is 7.11 Å². The lowest BCUT2D eigenvalue weighted by molar-refractivity contribution is 0.112. The van der Waals surface area contributed by atoms with Gasteiger partial charge >= 0.3 is 0 Å². The molecule has 0 atom stereocenters. The molecular weight excluding hydrogens is 256 g/mol. The van der Waals surface area contributed by atoms with E-state index in [-0.39, 0.29) is 0 Å². The van der Waals surface area contributed by atoms with Gasteiger partial charge < -0.3 is 4.74 Å². The molecule has 0 unspecified atom stereocenters. The van der Waals surface area contributed by atoms with E-state index in [9.17, 15) is 4.79 Å². The topological polar surface area (TPSA) is 26.3 Å². The lowest BCUT2D eigenvalue weighted by atomic mass is 10.0. The van der Waals surface area contributed by atoms with Crippen molar-refractivity contribution in [1.29, 1.82) is 0 Å². The number of methoxy groups -OCH3 is 1. The highest BCUT2D eigenvalue weighted by molar-refractivity contribution is 9.10. The zero-order valence-electron chi connectivity index (χ0n) is 8.16. The Balaban J connectivity index is 2.90. The summed E-state index contributed by atoms with van der Waals surface area (Å²) in [5.41, 5.74) is 0.586. The van der Waals surface area contributed by atoms with Crippen LogP contribution in [0.3, 0.4) is 0 Å². The van der Waals surface area contributed by atoms with Crippen LogP contribution < -0.4 is 4.74 Å². The number of halogens is 1. The van der Waals surface area contributed by atoms with E-state index < -0.39 is 0 Å². The van der Waals surface area contributed by atoms with Crippen molar-refractivity contribution < 1.29 is 9.53 Å². The Labute approximate surface area is 96.0 Å². The second-order valence-corrected chi connectivity index (χ2v) is 4.00. The molecule has 3 heteroatoms. The predicted molar refractivity (Wildman–Crippen MR) is 63.6 cm³/mol. The molecule has 2 aromatic rings. The van der Waals surface area contributed by atoms with Gasteiger partial charge in [0.15, 0.2) is 6.29 Å². The molecule has 0 aromatic heterocycles. The van der Waals surface area contributed by atoms with Crippen LogP contribution in [0.25, 0.3) is 10.8 Å². The van der Waals surface area contributed by atoms with Crippen LogP contribution in [0.2, 0.25) is 0 Å². The van der Waals surface area contributed by atoms with Gasteiger partial charge in [-0.25, -0.2) is 0 Å². The number of ether oxygens (including phenoxy) is 1. The van der Waals surface area contributed by atoms with E-state index in [1.807, 2.05) is 30.3 Å². The number of carbonyl (C=O) groups excluding carboxylic acids is 1. The number of carbonyl (C=O) groups is 1. The van der Waals surface area contributed by atoms with Gasteiger partial charge in [-0.15, -0.1) is 0 Å². The Hall–Kier alpha value is -1.35. The zero-order chi connectivity index (χ0) is 10.8. The molecule has 0 aliphatic carbocycles. The number of rotatable bonds is 2. The Kier molecular flexibility index (Phi) is 2.73. The minimum absolute atomic E-state index is 0.586. The SMILES string of the molecule is COc1c(Br)cc2ccccc2c1C=O. The monoisotopic (exact) mass is 264 g/mol. The average Bonchev–Trinajstić information content (AvgIpc) is 2.27. The number of fused-ring (bicyclic) bond motifs is 1. The summed E-state index contributed by atoms with van der Waals surface area (Å²) in [7, 11) is 1.56. The molecule has 0 N–H and O–H groups in total. The standard InChI is InChI=1S/C12H9BrO2/c1-15-12-10(7-14)9-5-3-2-4-8(9)6-11(12)13/h2-7H,1H3. The van der Waals surface area contributed by atoms with E-state index >= 15 is 0 Å². The van der Waals surface area contributed by atoms with Crippen LogP contribution in [-0.2, 0) is 0 Å². The highest BCUT2D eigenvalue weighted by atomic mass is 79.9. The number of hydrogen-bond acceptors (Lipinski definition) is 2. The van der Waals surface area contributed by atoms with Gasteiger partial charge in [0.2, 0.25) is 0 Å². The van der Waals surface area contributed by atoms with Gasteiger partial charge in [0, 0.05) is 0 Å². The Morgan fingerprint density at radius 1 is 1.33 bits per heavy atom. The van der Waals surface area contributed by atoms with Crippen molar-refractivity contribution in [3.05, 3.63) is 40.4 Å². The van der Waals surface area contributed by atoms with Crippen molar-refractivity contribution in [2.45, 2.75) is 0 Å². The predicted octanol–water partition coefficient (Wildman–Crippen LogP) is 3.42. The van der Waals surface area contributed by atoms with Gasteiger partial charge in [-0.3, -0.25) is 4.79 Å². The molecule has 0 bridgehead atoms. The summed E-state index contributed by atoms with van der Waals surface area (Å²) in [5, 5.41) is 1.93. The lowest BCUT2D eigenvalue weighted by Gasteiger charge is -2.09. The Morgan fingerprint density at radius 3 is 2.73 bits per heavy atom. The smallest absolute Gasteiger partial charge is 0.154 e. The first-order valence-corrected chi connectivity index (χ1v) is 5.27. The van der Waals surface area contributed by atoms with Crippen molar-refractivity contribution in [1.82, 2.24) is 0 Å². The largest absolute Gasteiger partial charge is 0.495 e. The number of benzene rings is 2. The summed E-state index contributed by atoms with van der Waals surface area (Å²) < 4.78 is 5.99. The maximum absolute atomic E-state index is 11.1. The van der Waals surface area contributed by atoms with Gasteiger partial charge in [0.05, 0.1) is 17.1 Å². The molecular formula is C12H9BrO2. The summed E-state index contributed by atoms with van der Waals surface area (Å²) in [6, 6.07) is 9.67. The Bertz CT molecular complexity index is 520. The van der Waals surface area contributed by atoms with Crippen LogP contribution in [0.1, 0.15) is 10.4 Å². The van der Waals surface area contributed by atoms with E-state index in [0.717, 1.165) is 21.5 Å². The molecule has 2 aromatic carbocycles. The minimum atomic E-state index is 0.586. The van der Waals surface area contributed by atoms with Gasteiger partial charge in [0.25, 0.3) is 0 Å². The van der Waals surface area contributed by atoms with E-state index in [0.29, 0.717) is 11.3 Å². The fraction of sp³-hybridized carbons (Fsp3) is 0.0833. The molecule has 15 heavy (non-hydrogen) atoms. The van der Waals surface area contributed by atoms with E-state index in [1.165, 1.54) is 0 Å². The van der Waals surface area contributed by atoms with Gasteiger partial charge in [-0.2, -0.15) is 0 Å². The van der Waals surface area contributed by atoms with E-state index in [4.69, 9.17) is 4.74 Å². The third kappa shape index (κ3) is 1.63. The normalized spacial score (nSPS) is 10.3. The van der Waals surface area contributed by atoms with Gasteiger partial charge in [-0.1, -0.05) is 24.3 Å². The lowest BCUT2D eigenvalue weighted by Crippen LogP contribution is -1.93. The highest BCUT2D eigenvalue weighted by Crippen LogP contribution is 2.34. The molecule has 0 heterocycles. The fourth-order valence-electron chi connectivity index (χ4n) is 1.65. The quantitative estimate of drug-likeness (QED) is 0.777. The molecule has 2 rings (SSSR count). The third-order valence-electron chi connectivity index (χ3n) is 2.32. The van der Waals surface area contributed by atoms with Crippen LogP contribution in [0.15, 0.2) is 34.8 Å². The summed E-state index contributed by atoms with van der Waals surface area (Å²) in [4.78, 5) is 11.1. The summed E-state index contributed by atoms with van der Waals surface area (Å²) >= 11 is 3.39. The van der Waals surface area contributed by atoms with Crippen LogP contribution in [0.4, 0.5) is 0 Å². The zero-order valence-corrected chi connectivity index (χ0v) is 9.74. The van der Waals surface area contributed by atoms with Crippen molar-refractivity contribution in [3.63, 3.8) is 0 Å². The first-order valence-electron chi connectivity index (χ1n) is 4.48. The van der Waals surface area contributed by atoms with Crippen LogP contribution in [0.5, 0.6) is 5.75 Å².